The summed E-state index contributed by atoms with van der Waals surface area (Å²) in [5.41, 5.74) is 0. The lowest BCUT2D eigenvalue weighted by Gasteiger charge is -1.94. The van der Waals surface area contributed by atoms with Crippen LogP contribution in [0.1, 0.15) is 32.6 Å². The Morgan fingerprint density at radius 1 is 1.21 bits per heavy atom. The van der Waals surface area contributed by atoms with Crippen molar-refractivity contribution in [3.8, 4) is 0 Å². The number of thioether (sulfide) groups is 1. The molecule has 1 unspecified atom stereocenters. The molecule has 0 rings (SSSR count). The molecule has 0 bridgehead atoms. The summed E-state index contributed by atoms with van der Waals surface area (Å²) in [5.74, 6) is 1.32. The second-order valence-corrected chi connectivity index (χ2v) is 5.32. The van der Waals surface area contributed by atoms with Crippen LogP contribution in [0.2, 0.25) is 0 Å². The molecule has 19 heavy (non-hydrogen) atoms. The maximum atomic E-state index is 10.3. The third-order valence-electron chi connectivity index (χ3n) is 2.21. The summed E-state index contributed by atoms with van der Waals surface area (Å²) < 4.78 is 0. The predicted molar refractivity (Wildman–Crippen MR) is 82.5 cm³/mol. The second-order valence-electron chi connectivity index (χ2n) is 4.17. The number of rotatable bonds is 11. The van der Waals surface area contributed by atoms with Gasteiger partial charge in [-0.2, -0.15) is 11.8 Å². The van der Waals surface area contributed by atoms with Gasteiger partial charge in [-0.1, -0.05) is 36.5 Å². The fourth-order valence-corrected chi connectivity index (χ4v) is 1.99. The molecule has 0 saturated carbocycles. The zero-order valence-electron chi connectivity index (χ0n) is 11.5. The van der Waals surface area contributed by atoms with E-state index in [0.717, 1.165) is 30.8 Å². The fourth-order valence-electron chi connectivity index (χ4n) is 1.27. The molecule has 0 spiro atoms. The lowest BCUT2D eigenvalue weighted by molar-refractivity contribution is -0.137. The van der Waals surface area contributed by atoms with E-state index in [-0.39, 0.29) is 12.5 Å². The molecule has 2 N–H and O–H groups in total. The maximum Gasteiger partial charge on any atom is 0.303 e. The van der Waals surface area contributed by atoms with E-state index in [4.69, 9.17) is 10.2 Å². The molecule has 3 nitrogen and oxygen atoms in total. The van der Waals surface area contributed by atoms with E-state index >= 15 is 0 Å². The second kappa shape index (κ2) is 13.4. The Hall–Kier alpha value is -1.00. The Kier molecular flexibility index (Phi) is 12.7. The highest BCUT2D eigenvalue weighted by atomic mass is 32.2. The minimum absolute atomic E-state index is 0.254. The Morgan fingerprint density at radius 3 is 2.63 bits per heavy atom. The van der Waals surface area contributed by atoms with Crippen molar-refractivity contribution in [1.82, 2.24) is 0 Å². The average molecular weight is 284 g/mol. The first kappa shape index (κ1) is 18.0. The van der Waals surface area contributed by atoms with Crippen molar-refractivity contribution in [3.63, 3.8) is 0 Å². The van der Waals surface area contributed by atoms with Crippen LogP contribution in [0.15, 0.2) is 36.5 Å². The normalized spacial score (nSPS) is 13.8. The summed E-state index contributed by atoms with van der Waals surface area (Å²) in [6.07, 6.45) is 14.2. The summed E-state index contributed by atoms with van der Waals surface area (Å²) >= 11 is 1.85. The van der Waals surface area contributed by atoms with E-state index < -0.39 is 5.97 Å². The van der Waals surface area contributed by atoms with Crippen molar-refractivity contribution < 1.29 is 15.0 Å². The predicted octanol–water partition coefficient (Wildman–Crippen LogP) is 3.41. The molecule has 0 aromatic rings. The van der Waals surface area contributed by atoms with Gasteiger partial charge in [0.2, 0.25) is 0 Å². The molecule has 0 aliphatic rings. The molecule has 0 aromatic heterocycles. The zero-order valence-corrected chi connectivity index (χ0v) is 12.3. The van der Waals surface area contributed by atoms with Gasteiger partial charge in [-0.25, -0.2) is 0 Å². The molecular weight excluding hydrogens is 260 g/mol. The van der Waals surface area contributed by atoms with Gasteiger partial charge in [0.25, 0.3) is 0 Å². The van der Waals surface area contributed by atoms with Crippen LogP contribution in [0.4, 0.5) is 0 Å². The molecule has 0 aliphatic heterocycles. The van der Waals surface area contributed by atoms with Crippen molar-refractivity contribution in [2.45, 2.75) is 38.7 Å². The smallest absolute Gasteiger partial charge is 0.303 e. The van der Waals surface area contributed by atoms with Crippen molar-refractivity contribution in [2.75, 3.05) is 11.5 Å². The van der Waals surface area contributed by atoms with Gasteiger partial charge in [0.1, 0.15) is 0 Å². The minimum atomic E-state index is -0.722. The molecule has 1 atom stereocenters. The lowest BCUT2D eigenvalue weighted by Crippen LogP contribution is -1.92. The fraction of sp³-hybridized carbons (Fsp3) is 0.533. The Balaban J connectivity index is 3.31. The number of carbonyl (C=O) groups is 1. The first-order valence-corrected chi connectivity index (χ1v) is 7.74. The van der Waals surface area contributed by atoms with E-state index in [2.05, 4.69) is 18.2 Å². The van der Waals surface area contributed by atoms with Crippen LogP contribution in [-0.4, -0.2) is 33.8 Å². The number of unbranched alkanes of at least 4 members (excludes halogenated alkanes) is 1. The van der Waals surface area contributed by atoms with Gasteiger partial charge in [-0.3, -0.25) is 4.79 Å². The van der Waals surface area contributed by atoms with Crippen LogP contribution in [0.25, 0.3) is 0 Å². The van der Waals surface area contributed by atoms with Gasteiger partial charge < -0.3 is 10.2 Å². The third kappa shape index (κ3) is 17.0. The quantitative estimate of drug-likeness (QED) is 0.347. The monoisotopic (exact) mass is 284 g/mol. The van der Waals surface area contributed by atoms with Crippen LogP contribution in [0, 0.1) is 0 Å². The Morgan fingerprint density at radius 2 is 1.95 bits per heavy atom. The van der Waals surface area contributed by atoms with E-state index in [1.54, 1.807) is 13.0 Å². The molecule has 0 amide bonds. The lowest BCUT2D eigenvalue weighted by atomic mass is 10.2. The number of hydrogen-bond donors (Lipinski definition) is 2. The molecular formula is C15H24O3S. The molecule has 0 heterocycles. The van der Waals surface area contributed by atoms with Crippen LogP contribution in [0.5, 0.6) is 0 Å². The van der Waals surface area contributed by atoms with Gasteiger partial charge in [0.05, 0.1) is 6.10 Å². The van der Waals surface area contributed by atoms with Gasteiger partial charge in [-0.15, -0.1) is 0 Å². The summed E-state index contributed by atoms with van der Waals surface area (Å²) in [6, 6.07) is 0. The molecule has 0 fully saturated rings. The number of aliphatic hydroxyl groups is 1. The number of allylic oxidation sites excluding steroid dienone is 4. The first-order chi connectivity index (χ1) is 9.13. The molecule has 4 heteroatoms. The summed E-state index contributed by atoms with van der Waals surface area (Å²) in [6.45, 7) is 1.72. The van der Waals surface area contributed by atoms with Crippen LogP contribution < -0.4 is 0 Å². The number of hydrogen-bond acceptors (Lipinski definition) is 3. The SMILES string of the molecule is CC(O)/C=C/C=C/CSCC/C=C/CCCC(=O)O. The highest BCUT2D eigenvalue weighted by molar-refractivity contribution is 7.99. The van der Waals surface area contributed by atoms with Crippen molar-refractivity contribution in [1.29, 1.82) is 0 Å². The van der Waals surface area contributed by atoms with Gasteiger partial charge in [0, 0.05) is 12.2 Å². The van der Waals surface area contributed by atoms with Crippen molar-refractivity contribution in [3.05, 3.63) is 36.5 Å². The molecule has 0 saturated heterocycles. The van der Waals surface area contributed by atoms with E-state index in [1.165, 1.54) is 0 Å². The first-order valence-electron chi connectivity index (χ1n) is 6.59. The van der Waals surface area contributed by atoms with Gasteiger partial charge in [0.15, 0.2) is 0 Å². The van der Waals surface area contributed by atoms with Crippen LogP contribution in [-0.2, 0) is 4.79 Å². The summed E-state index contributed by atoms with van der Waals surface area (Å²) in [7, 11) is 0. The molecule has 0 aliphatic carbocycles. The van der Waals surface area contributed by atoms with Crippen LogP contribution in [0.3, 0.4) is 0 Å². The van der Waals surface area contributed by atoms with Crippen molar-refractivity contribution >= 4 is 17.7 Å². The highest BCUT2D eigenvalue weighted by Crippen LogP contribution is 2.04. The average Bonchev–Trinajstić information content (AvgIpc) is 2.34. The molecule has 0 radical (unpaired) electrons. The largest absolute Gasteiger partial charge is 0.481 e. The van der Waals surface area contributed by atoms with Gasteiger partial charge in [-0.05, 0) is 31.9 Å². The number of carboxylic acids is 1. The third-order valence-corrected chi connectivity index (χ3v) is 3.16. The summed E-state index contributed by atoms with van der Waals surface area (Å²) in [4.78, 5) is 10.3. The van der Waals surface area contributed by atoms with Crippen LogP contribution >= 0.6 is 11.8 Å². The van der Waals surface area contributed by atoms with E-state index in [0.29, 0.717) is 0 Å². The topological polar surface area (TPSA) is 57.5 Å². The van der Waals surface area contributed by atoms with E-state index in [1.807, 2.05) is 23.9 Å². The van der Waals surface area contributed by atoms with Crippen molar-refractivity contribution in [2.24, 2.45) is 0 Å². The highest BCUT2D eigenvalue weighted by Gasteiger charge is 1.93. The zero-order chi connectivity index (χ0) is 14.3. The molecule has 108 valence electrons. The Bertz CT molecular complexity index is 307. The maximum absolute atomic E-state index is 10.3. The number of carboxylic acid groups (broad SMARTS) is 1. The summed E-state index contributed by atoms with van der Waals surface area (Å²) in [5, 5.41) is 17.4. The number of aliphatic carboxylic acids is 1. The number of aliphatic hydroxyl groups excluding tert-OH is 1. The Labute approximate surface area is 120 Å². The van der Waals surface area contributed by atoms with E-state index in [9.17, 15) is 4.79 Å². The molecule has 0 aromatic carbocycles. The minimum Gasteiger partial charge on any atom is -0.481 e. The van der Waals surface area contributed by atoms with Gasteiger partial charge >= 0.3 is 5.97 Å². The standard InChI is InChI=1S/C15H24O3S/c1-14(16)10-6-5-9-13-19-12-8-4-2-3-7-11-15(17)18/h2,4-6,9-10,14,16H,3,7-8,11-13H2,1H3,(H,17,18)/b4-2+,9-5+,10-6+.